The Labute approximate surface area is 95.0 Å². The number of aryl methyl sites for hydroxylation is 1. The van der Waals surface area contributed by atoms with E-state index in [2.05, 4.69) is 16.3 Å². The Hall–Kier alpha value is -1.96. The molecule has 0 aliphatic rings. The van der Waals surface area contributed by atoms with Gasteiger partial charge in [-0.1, -0.05) is 6.92 Å². The number of terminal acetylenes is 1. The Kier molecular flexibility index (Phi) is 3.95. The first-order chi connectivity index (χ1) is 7.60. The van der Waals surface area contributed by atoms with Crippen LogP contribution in [0.2, 0.25) is 0 Å². The molecule has 1 amide bonds. The van der Waals surface area contributed by atoms with Crippen molar-refractivity contribution in [3.8, 4) is 12.3 Å². The molecule has 3 N–H and O–H groups in total. The maximum Gasteiger partial charge on any atom is 0.256 e. The molecule has 0 aliphatic carbocycles. The van der Waals surface area contributed by atoms with E-state index in [-0.39, 0.29) is 11.9 Å². The van der Waals surface area contributed by atoms with E-state index in [0.29, 0.717) is 17.8 Å². The molecule has 1 aromatic heterocycles. The van der Waals surface area contributed by atoms with E-state index in [1.807, 2.05) is 6.92 Å². The summed E-state index contributed by atoms with van der Waals surface area (Å²) in [6, 6.07) is -0.0166. The Morgan fingerprint density at radius 3 is 2.94 bits per heavy atom. The van der Waals surface area contributed by atoms with Crippen molar-refractivity contribution in [1.82, 2.24) is 15.1 Å². The van der Waals surface area contributed by atoms with Gasteiger partial charge in [0.05, 0.1) is 6.20 Å². The Bertz CT molecular complexity index is 416. The number of carbonyl (C=O) groups excluding carboxylic acids is 1. The number of rotatable bonds is 4. The molecule has 0 bridgehead atoms. The molecular weight excluding hydrogens is 204 g/mol. The first-order valence-electron chi connectivity index (χ1n) is 5.12. The Balaban J connectivity index is 2.72. The molecule has 86 valence electrons. The average molecular weight is 220 g/mol. The summed E-state index contributed by atoms with van der Waals surface area (Å²) in [5.74, 6) is 2.65. The van der Waals surface area contributed by atoms with Crippen molar-refractivity contribution in [3.63, 3.8) is 0 Å². The number of hydrogen-bond acceptors (Lipinski definition) is 3. The number of anilines is 1. The van der Waals surface area contributed by atoms with Crippen molar-refractivity contribution < 1.29 is 4.79 Å². The van der Waals surface area contributed by atoms with Gasteiger partial charge in [0.1, 0.15) is 11.4 Å². The smallest absolute Gasteiger partial charge is 0.256 e. The minimum Gasteiger partial charge on any atom is -0.383 e. The van der Waals surface area contributed by atoms with Crippen molar-refractivity contribution in [3.05, 3.63) is 11.8 Å². The lowest BCUT2D eigenvalue weighted by Crippen LogP contribution is -2.34. The Morgan fingerprint density at radius 2 is 2.50 bits per heavy atom. The quantitative estimate of drug-likeness (QED) is 0.727. The molecule has 5 heteroatoms. The normalized spacial score (nSPS) is 11.8. The lowest BCUT2D eigenvalue weighted by Gasteiger charge is -2.13. The highest BCUT2D eigenvalue weighted by molar-refractivity contribution is 5.98. The summed E-state index contributed by atoms with van der Waals surface area (Å²) >= 11 is 0. The second-order valence-electron chi connectivity index (χ2n) is 3.55. The van der Waals surface area contributed by atoms with Gasteiger partial charge in [0.15, 0.2) is 0 Å². The zero-order valence-corrected chi connectivity index (χ0v) is 9.53. The summed E-state index contributed by atoms with van der Waals surface area (Å²) in [6.45, 7) is 1.97. The van der Waals surface area contributed by atoms with E-state index in [1.54, 1.807) is 7.05 Å². The van der Waals surface area contributed by atoms with Crippen molar-refractivity contribution >= 4 is 11.7 Å². The number of nitrogen functional groups attached to an aromatic ring is 1. The van der Waals surface area contributed by atoms with Gasteiger partial charge >= 0.3 is 0 Å². The zero-order chi connectivity index (χ0) is 12.1. The van der Waals surface area contributed by atoms with Crippen molar-refractivity contribution in [2.24, 2.45) is 7.05 Å². The highest BCUT2D eigenvalue weighted by Crippen LogP contribution is 2.09. The monoisotopic (exact) mass is 220 g/mol. The van der Waals surface area contributed by atoms with Crippen LogP contribution in [0.1, 0.15) is 30.1 Å². The number of aromatic nitrogens is 2. The molecule has 0 spiro atoms. The number of carbonyl (C=O) groups is 1. The van der Waals surface area contributed by atoms with E-state index in [0.717, 1.165) is 6.42 Å². The maximum absolute atomic E-state index is 11.8. The summed E-state index contributed by atoms with van der Waals surface area (Å²) < 4.78 is 1.46. The third-order valence-electron chi connectivity index (χ3n) is 2.42. The van der Waals surface area contributed by atoms with E-state index in [9.17, 15) is 4.79 Å². The molecule has 0 aliphatic heterocycles. The standard InChI is InChI=1S/C11H16N4O/c1-4-6-8(5-2)14-11(16)9-7-13-15(3)10(9)12/h1,7-8H,5-6,12H2,2-3H3,(H,14,16). The van der Waals surface area contributed by atoms with Gasteiger partial charge in [-0.2, -0.15) is 5.10 Å². The Morgan fingerprint density at radius 1 is 1.81 bits per heavy atom. The molecule has 1 rings (SSSR count). The van der Waals surface area contributed by atoms with Gasteiger partial charge in [0.25, 0.3) is 5.91 Å². The van der Waals surface area contributed by atoms with Crippen molar-refractivity contribution in [2.45, 2.75) is 25.8 Å². The summed E-state index contributed by atoms with van der Waals surface area (Å²) in [7, 11) is 1.69. The summed E-state index contributed by atoms with van der Waals surface area (Å²) in [5.41, 5.74) is 6.08. The van der Waals surface area contributed by atoms with Crippen LogP contribution in [0, 0.1) is 12.3 Å². The molecule has 1 heterocycles. The van der Waals surface area contributed by atoms with Crippen LogP contribution in [-0.4, -0.2) is 21.7 Å². The van der Waals surface area contributed by atoms with Crippen LogP contribution in [0.15, 0.2) is 6.20 Å². The molecule has 5 nitrogen and oxygen atoms in total. The summed E-state index contributed by atoms with van der Waals surface area (Å²) in [5, 5.41) is 6.73. The average Bonchev–Trinajstić information content (AvgIpc) is 2.59. The highest BCUT2D eigenvalue weighted by atomic mass is 16.1. The van der Waals surface area contributed by atoms with E-state index in [1.165, 1.54) is 10.9 Å². The van der Waals surface area contributed by atoms with E-state index < -0.39 is 0 Å². The third kappa shape index (κ3) is 2.54. The van der Waals surface area contributed by atoms with Gasteiger partial charge in [0, 0.05) is 19.5 Å². The SMILES string of the molecule is C#CCC(CC)NC(=O)c1cnn(C)c1N. The molecular formula is C11H16N4O. The van der Waals surface area contributed by atoms with Crippen molar-refractivity contribution in [2.75, 3.05) is 5.73 Å². The molecule has 0 saturated heterocycles. The molecule has 1 atom stereocenters. The topological polar surface area (TPSA) is 72.9 Å². The number of nitrogens with zero attached hydrogens (tertiary/aromatic N) is 2. The molecule has 1 aromatic rings. The predicted octanol–water partition coefficient (Wildman–Crippen LogP) is 0.534. The van der Waals surface area contributed by atoms with Gasteiger partial charge < -0.3 is 11.1 Å². The van der Waals surface area contributed by atoms with Crippen LogP contribution < -0.4 is 11.1 Å². The molecule has 0 radical (unpaired) electrons. The van der Waals surface area contributed by atoms with Crippen molar-refractivity contribution in [1.29, 1.82) is 0 Å². The number of hydrogen-bond donors (Lipinski definition) is 2. The fourth-order valence-corrected chi connectivity index (χ4v) is 1.32. The van der Waals surface area contributed by atoms with Crippen LogP contribution in [0.25, 0.3) is 0 Å². The first-order valence-corrected chi connectivity index (χ1v) is 5.12. The largest absolute Gasteiger partial charge is 0.383 e. The van der Waals surface area contributed by atoms with Crippen LogP contribution in [0.3, 0.4) is 0 Å². The molecule has 16 heavy (non-hydrogen) atoms. The lowest BCUT2D eigenvalue weighted by atomic mass is 10.1. The molecule has 0 fully saturated rings. The lowest BCUT2D eigenvalue weighted by molar-refractivity contribution is 0.0937. The summed E-state index contributed by atoms with van der Waals surface area (Å²) in [6.07, 6.45) is 7.97. The zero-order valence-electron chi connectivity index (χ0n) is 9.53. The van der Waals surface area contributed by atoms with Crippen LogP contribution in [0.4, 0.5) is 5.82 Å². The first kappa shape index (κ1) is 12.1. The second-order valence-corrected chi connectivity index (χ2v) is 3.55. The number of nitrogens with two attached hydrogens (primary N) is 1. The number of amides is 1. The van der Waals surface area contributed by atoms with Gasteiger partial charge in [0.2, 0.25) is 0 Å². The second kappa shape index (κ2) is 5.21. The van der Waals surface area contributed by atoms with Crippen LogP contribution in [-0.2, 0) is 7.05 Å². The highest BCUT2D eigenvalue weighted by Gasteiger charge is 2.16. The fourth-order valence-electron chi connectivity index (χ4n) is 1.32. The summed E-state index contributed by atoms with van der Waals surface area (Å²) in [4.78, 5) is 11.8. The van der Waals surface area contributed by atoms with E-state index >= 15 is 0 Å². The van der Waals surface area contributed by atoms with Crippen LogP contribution in [0.5, 0.6) is 0 Å². The van der Waals surface area contributed by atoms with Gasteiger partial charge in [-0.15, -0.1) is 12.3 Å². The van der Waals surface area contributed by atoms with Gasteiger partial charge in [-0.3, -0.25) is 9.48 Å². The fraction of sp³-hybridized carbons (Fsp3) is 0.455. The van der Waals surface area contributed by atoms with Gasteiger partial charge in [-0.05, 0) is 6.42 Å². The molecule has 1 unspecified atom stereocenters. The maximum atomic E-state index is 11.8. The predicted molar refractivity (Wildman–Crippen MR) is 62.6 cm³/mol. The van der Waals surface area contributed by atoms with Gasteiger partial charge in [-0.25, -0.2) is 0 Å². The molecule has 0 saturated carbocycles. The third-order valence-corrected chi connectivity index (χ3v) is 2.42. The van der Waals surface area contributed by atoms with Crippen LogP contribution >= 0.6 is 0 Å². The minimum atomic E-state index is -0.229. The minimum absolute atomic E-state index is 0.0166. The van der Waals surface area contributed by atoms with E-state index in [4.69, 9.17) is 12.2 Å². The number of nitrogens with one attached hydrogen (secondary N) is 1. The molecule has 0 aromatic carbocycles.